The fourth-order valence-electron chi connectivity index (χ4n) is 3.68. The van der Waals surface area contributed by atoms with Crippen LogP contribution in [0.1, 0.15) is 23.3 Å². The molecule has 0 fully saturated rings. The molecule has 1 heterocycles. The van der Waals surface area contributed by atoms with E-state index in [2.05, 4.69) is 15.8 Å². The molecule has 3 N–H and O–H groups in total. The van der Waals surface area contributed by atoms with Crippen molar-refractivity contribution in [2.75, 3.05) is 11.3 Å². The summed E-state index contributed by atoms with van der Waals surface area (Å²) in [6, 6.07) is 8.46. The van der Waals surface area contributed by atoms with Crippen LogP contribution in [0.2, 0.25) is 5.02 Å². The Balaban J connectivity index is 1.49. The van der Waals surface area contributed by atoms with E-state index in [1.165, 1.54) is 29.5 Å². The molecule has 10 heteroatoms. The number of nitrogens with two attached hydrogens (primary N) is 1. The van der Waals surface area contributed by atoms with Crippen molar-refractivity contribution in [3.63, 3.8) is 0 Å². The van der Waals surface area contributed by atoms with Crippen molar-refractivity contribution in [1.29, 1.82) is 0 Å². The summed E-state index contributed by atoms with van der Waals surface area (Å²) in [5.41, 5.74) is 8.18. The lowest BCUT2D eigenvalue weighted by atomic mass is 9.81. The number of hydrogen-bond acceptors (Lipinski definition) is 5. The molecule has 174 valence electrons. The van der Waals surface area contributed by atoms with Crippen LogP contribution in [0, 0.1) is 24.5 Å². The Kier molecular flexibility index (Phi) is 7.43. The van der Waals surface area contributed by atoms with Crippen LogP contribution >= 0.6 is 22.9 Å². The summed E-state index contributed by atoms with van der Waals surface area (Å²) in [5.74, 6) is -1.06. The topological polar surface area (TPSA) is 77.2 Å². The highest BCUT2D eigenvalue weighted by molar-refractivity contribution is 7.86. The van der Waals surface area contributed by atoms with E-state index in [-0.39, 0.29) is 40.1 Å². The first kappa shape index (κ1) is 23.8. The van der Waals surface area contributed by atoms with Gasteiger partial charge in [-0.1, -0.05) is 29.8 Å². The zero-order chi connectivity index (χ0) is 23.5. The number of anilines is 1. The van der Waals surface area contributed by atoms with Gasteiger partial charge in [-0.05, 0) is 49.1 Å². The lowest BCUT2D eigenvalue weighted by Crippen LogP contribution is -2.36. The van der Waals surface area contributed by atoms with Gasteiger partial charge in [0.2, 0.25) is 0 Å². The molecular weight excluding hydrogens is 488 g/mol. The van der Waals surface area contributed by atoms with E-state index in [1.54, 1.807) is 18.3 Å². The lowest BCUT2D eigenvalue weighted by Gasteiger charge is -2.30. The number of aryl methyl sites for hydroxylation is 1. The first-order valence-electron chi connectivity index (χ1n) is 10.3. The summed E-state index contributed by atoms with van der Waals surface area (Å²) in [5, 5.41) is 0.557. The third-order valence-electron chi connectivity index (χ3n) is 5.36. The van der Waals surface area contributed by atoms with Crippen LogP contribution < -0.4 is 15.2 Å². The number of rotatable bonds is 7. The minimum absolute atomic E-state index is 0.0959. The maximum absolute atomic E-state index is 14.7. The number of allylic oxidation sites excluding steroid dienone is 1. The standard InChI is InChI=1S/C23H22ClF2N3O2S2/c1-13-11-28-23(32-13)29-33(30)22-9-18(24)21(10-19(22)26)31-12-17-16(3-2-4-20(17)27)14-5-7-15(25)8-6-14/h3,5-11,17,20H,2,4,12,27H2,1H3,(H,28,29). The Morgan fingerprint density at radius 1 is 1.30 bits per heavy atom. The Morgan fingerprint density at radius 3 is 2.76 bits per heavy atom. The summed E-state index contributed by atoms with van der Waals surface area (Å²) in [6.07, 6.45) is 5.30. The van der Waals surface area contributed by atoms with Gasteiger partial charge in [-0.3, -0.25) is 4.72 Å². The largest absolute Gasteiger partial charge is 0.491 e. The maximum atomic E-state index is 14.7. The average Bonchev–Trinajstić information content (AvgIpc) is 3.19. The molecule has 1 aliphatic rings. The van der Waals surface area contributed by atoms with Crippen LogP contribution in [-0.4, -0.2) is 21.8 Å². The first-order valence-corrected chi connectivity index (χ1v) is 12.6. The van der Waals surface area contributed by atoms with Crippen molar-refractivity contribution < 1.29 is 17.7 Å². The van der Waals surface area contributed by atoms with Crippen LogP contribution in [0.5, 0.6) is 5.75 Å². The fourth-order valence-corrected chi connectivity index (χ4v) is 5.66. The van der Waals surface area contributed by atoms with Gasteiger partial charge < -0.3 is 10.5 Å². The molecule has 5 nitrogen and oxygen atoms in total. The van der Waals surface area contributed by atoms with E-state index in [1.807, 2.05) is 6.92 Å². The van der Waals surface area contributed by atoms with Gasteiger partial charge in [0.05, 0.1) is 16.5 Å². The molecule has 0 radical (unpaired) electrons. The smallest absolute Gasteiger partial charge is 0.195 e. The molecule has 1 aromatic heterocycles. The van der Waals surface area contributed by atoms with E-state index in [0.717, 1.165) is 34.9 Å². The van der Waals surface area contributed by atoms with E-state index in [4.69, 9.17) is 22.1 Å². The number of benzene rings is 2. The Hall–Kier alpha value is -2.33. The van der Waals surface area contributed by atoms with Crippen molar-refractivity contribution >= 4 is 44.6 Å². The number of nitrogens with zero attached hydrogens (tertiary/aromatic N) is 1. The number of thiazole rings is 1. The van der Waals surface area contributed by atoms with Gasteiger partial charge in [-0.2, -0.15) is 0 Å². The maximum Gasteiger partial charge on any atom is 0.195 e. The predicted octanol–water partition coefficient (Wildman–Crippen LogP) is 5.72. The Labute approximate surface area is 202 Å². The zero-order valence-corrected chi connectivity index (χ0v) is 20.1. The number of hydrogen-bond donors (Lipinski definition) is 2. The van der Waals surface area contributed by atoms with Gasteiger partial charge in [0, 0.05) is 29.1 Å². The van der Waals surface area contributed by atoms with Crippen LogP contribution in [0.4, 0.5) is 13.9 Å². The molecule has 0 aliphatic heterocycles. The molecule has 1 aliphatic carbocycles. The molecular formula is C23H22ClF2N3O2S2. The lowest BCUT2D eigenvalue weighted by molar-refractivity contribution is 0.252. The number of halogens is 3. The van der Waals surface area contributed by atoms with Crippen LogP contribution in [0.25, 0.3) is 5.57 Å². The summed E-state index contributed by atoms with van der Waals surface area (Å²) in [7, 11) is -1.87. The minimum atomic E-state index is -1.87. The SMILES string of the molecule is Cc1cnc(NS(=O)c2cc(Cl)c(OCC3C(c4ccc(F)cc4)=CCCC3N)cc2F)s1. The van der Waals surface area contributed by atoms with Gasteiger partial charge in [0.25, 0.3) is 0 Å². The van der Waals surface area contributed by atoms with Crippen LogP contribution in [0.15, 0.2) is 53.6 Å². The molecule has 2 aromatic carbocycles. The molecule has 4 rings (SSSR count). The normalized spacial score (nSPS) is 19.1. The summed E-state index contributed by atoms with van der Waals surface area (Å²) in [4.78, 5) is 4.91. The number of aromatic nitrogens is 1. The Morgan fingerprint density at radius 2 is 2.06 bits per heavy atom. The Bertz CT molecular complexity index is 1200. The monoisotopic (exact) mass is 509 g/mol. The van der Waals surface area contributed by atoms with Crippen molar-refractivity contribution in [2.45, 2.75) is 30.7 Å². The molecule has 33 heavy (non-hydrogen) atoms. The molecule has 3 aromatic rings. The molecule has 0 saturated carbocycles. The predicted molar refractivity (Wildman–Crippen MR) is 129 cm³/mol. The van der Waals surface area contributed by atoms with Crippen LogP contribution in [0.3, 0.4) is 0 Å². The summed E-state index contributed by atoms with van der Waals surface area (Å²) in [6.45, 7) is 2.03. The highest BCUT2D eigenvalue weighted by Crippen LogP contribution is 2.35. The highest BCUT2D eigenvalue weighted by atomic mass is 35.5. The van der Waals surface area contributed by atoms with Crippen molar-refractivity contribution in [2.24, 2.45) is 11.7 Å². The van der Waals surface area contributed by atoms with Crippen molar-refractivity contribution in [1.82, 2.24) is 4.98 Å². The van der Waals surface area contributed by atoms with E-state index >= 15 is 0 Å². The average molecular weight is 510 g/mol. The molecule has 0 spiro atoms. The van der Waals surface area contributed by atoms with E-state index in [9.17, 15) is 13.0 Å². The number of ether oxygens (including phenoxy) is 1. The fraction of sp³-hybridized carbons (Fsp3) is 0.261. The third-order valence-corrected chi connectivity index (χ3v) is 7.71. The summed E-state index contributed by atoms with van der Waals surface area (Å²) < 4.78 is 49.2. The molecule has 0 amide bonds. The van der Waals surface area contributed by atoms with Gasteiger partial charge >= 0.3 is 0 Å². The molecule has 3 atom stereocenters. The van der Waals surface area contributed by atoms with Gasteiger partial charge in [-0.15, -0.1) is 11.3 Å². The second-order valence-corrected chi connectivity index (χ2v) is 10.5. The molecule has 0 bridgehead atoms. The first-order chi connectivity index (χ1) is 15.8. The van der Waals surface area contributed by atoms with Crippen molar-refractivity contribution in [3.8, 4) is 5.75 Å². The second kappa shape index (κ2) is 10.3. The van der Waals surface area contributed by atoms with E-state index in [0.29, 0.717) is 5.13 Å². The second-order valence-electron chi connectivity index (χ2n) is 7.68. The molecule has 3 unspecified atom stereocenters. The van der Waals surface area contributed by atoms with Crippen LogP contribution in [-0.2, 0) is 11.0 Å². The van der Waals surface area contributed by atoms with Gasteiger partial charge in [0.1, 0.15) is 17.4 Å². The van der Waals surface area contributed by atoms with Gasteiger partial charge in [0.15, 0.2) is 16.1 Å². The molecule has 0 saturated heterocycles. The van der Waals surface area contributed by atoms with Gasteiger partial charge in [-0.25, -0.2) is 18.0 Å². The summed E-state index contributed by atoms with van der Waals surface area (Å²) >= 11 is 7.64. The minimum Gasteiger partial charge on any atom is -0.491 e. The number of nitrogens with one attached hydrogen (secondary N) is 1. The third kappa shape index (κ3) is 5.60. The quantitative estimate of drug-likeness (QED) is 0.427. The van der Waals surface area contributed by atoms with E-state index < -0.39 is 16.8 Å². The van der Waals surface area contributed by atoms with Crippen molar-refractivity contribution in [3.05, 3.63) is 75.8 Å². The zero-order valence-electron chi connectivity index (χ0n) is 17.7. The highest BCUT2D eigenvalue weighted by Gasteiger charge is 2.27.